The molecule has 1 saturated heterocycles. The van der Waals surface area contributed by atoms with Crippen LogP contribution in [0.1, 0.15) is 40.2 Å². The number of likely N-dealkylation sites (tertiary alicyclic amines) is 1. The molecule has 8 nitrogen and oxygen atoms in total. The summed E-state index contributed by atoms with van der Waals surface area (Å²) in [6.45, 7) is 7.90. The number of piperidine rings is 1. The average Bonchev–Trinajstić information content (AvgIpc) is 2.95. The lowest BCUT2D eigenvalue weighted by Crippen LogP contribution is -2.50. The summed E-state index contributed by atoms with van der Waals surface area (Å²) in [4.78, 5) is 42.1. The molecule has 3 rings (SSSR count). The van der Waals surface area contributed by atoms with Crippen LogP contribution in [0.25, 0.3) is 11.0 Å². The Balaban J connectivity index is 1.93. The molecule has 0 radical (unpaired) electrons. The molecule has 0 bridgehead atoms. The first kappa shape index (κ1) is 20.0. The molecule has 0 spiro atoms. The number of benzene rings is 1. The van der Waals surface area contributed by atoms with Gasteiger partial charge in [0, 0.05) is 13.1 Å². The number of hydrogen-bond donors (Lipinski definition) is 1. The number of nitrogens with zero attached hydrogens (tertiary/aromatic N) is 2. The Hall–Kier alpha value is -2.77. The van der Waals surface area contributed by atoms with Crippen LogP contribution in [-0.2, 0) is 14.3 Å². The minimum Gasteiger partial charge on any atom is -0.466 e. The zero-order chi connectivity index (χ0) is 20.5. The fraction of sp³-hybridized carbons (Fsp3) is 0.550. The number of ether oxygens (including phenoxy) is 2. The minimum absolute atomic E-state index is 0.143. The molecule has 152 valence electrons. The maximum atomic E-state index is 12.7. The second-order valence-corrected chi connectivity index (χ2v) is 7.96. The molecular weight excluding hydrogens is 362 g/mol. The van der Waals surface area contributed by atoms with Crippen molar-refractivity contribution >= 4 is 23.1 Å². The van der Waals surface area contributed by atoms with Crippen LogP contribution in [0.3, 0.4) is 0 Å². The summed E-state index contributed by atoms with van der Waals surface area (Å²) in [6, 6.07) is 6.96. The van der Waals surface area contributed by atoms with Crippen LogP contribution >= 0.6 is 0 Å². The summed E-state index contributed by atoms with van der Waals surface area (Å²) in [5, 5.41) is 0. The van der Waals surface area contributed by atoms with Crippen molar-refractivity contribution in [1.82, 2.24) is 14.5 Å². The van der Waals surface area contributed by atoms with Crippen molar-refractivity contribution in [3.8, 4) is 0 Å². The third-order valence-corrected chi connectivity index (χ3v) is 4.77. The van der Waals surface area contributed by atoms with Crippen molar-refractivity contribution in [2.45, 2.75) is 45.8 Å². The molecule has 2 unspecified atom stereocenters. The Bertz CT molecular complexity index is 924. The molecule has 1 aromatic heterocycles. The number of fused-ring (bicyclic) bond motifs is 1. The summed E-state index contributed by atoms with van der Waals surface area (Å²) < 4.78 is 12.3. The standard InChI is InChI=1S/C20H27N3O5/c1-5-27-17(24)13-12-22(19(26)28-20(2,3)4)11-10-15(13)23-16-9-7-6-8-14(16)21-18(23)25/h6-9,13,15H,5,10-12H2,1-4H3,(H,21,25). The molecule has 0 aliphatic carbocycles. The molecule has 0 saturated carbocycles. The first-order valence-corrected chi connectivity index (χ1v) is 9.55. The minimum atomic E-state index is -0.655. The van der Waals surface area contributed by atoms with E-state index in [2.05, 4.69) is 4.98 Å². The molecule has 1 amide bonds. The predicted molar refractivity (Wildman–Crippen MR) is 104 cm³/mol. The van der Waals surface area contributed by atoms with Gasteiger partial charge < -0.3 is 19.4 Å². The van der Waals surface area contributed by atoms with E-state index in [1.807, 2.05) is 24.3 Å². The van der Waals surface area contributed by atoms with E-state index in [9.17, 15) is 14.4 Å². The number of rotatable bonds is 3. The highest BCUT2D eigenvalue weighted by molar-refractivity contribution is 5.78. The number of esters is 1. The second kappa shape index (κ2) is 7.69. The van der Waals surface area contributed by atoms with Crippen molar-refractivity contribution in [1.29, 1.82) is 0 Å². The molecule has 1 aliphatic rings. The number of hydrogen-bond acceptors (Lipinski definition) is 5. The molecule has 1 aromatic carbocycles. The van der Waals surface area contributed by atoms with Crippen LogP contribution in [0.2, 0.25) is 0 Å². The van der Waals surface area contributed by atoms with Gasteiger partial charge in [-0.3, -0.25) is 9.36 Å². The van der Waals surface area contributed by atoms with E-state index in [1.165, 1.54) is 4.90 Å². The molecule has 1 fully saturated rings. The maximum Gasteiger partial charge on any atom is 0.410 e. The fourth-order valence-electron chi connectivity index (χ4n) is 3.63. The smallest absolute Gasteiger partial charge is 0.410 e. The van der Waals surface area contributed by atoms with Crippen molar-refractivity contribution in [3.63, 3.8) is 0 Å². The normalized spacial score (nSPS) is 20.2. The Morgan fingerprint density at radius 2 is 1.96 bits per heavy atom. The van der Waals surface area contributed by atoms with E-state index in [-0.39, 0.29) is 18.8 Å². The maximum absolute atomic E-state index is 12.7. The number of carbonyl (C=O) groups is 2. The van der Waals surface area contributed by atoms with Gasteiger partial charge in [0.05, 0.1) is 29.6 Å². The Kier molecular flexibility index (Phi) is 5.49. The third-order valence-electron chi connectivity index (χ3n) is 4.77. The monoisotopic (exact) mass is 389 g/mol. The van der Waals surface area contributed by atoms with Crippen LogP contribution in [-0.4, -0.2) is 51.8 Å². The number of imidazole rings is 1. The largest absolute Gasteiger partial charge is 0.466 e. The molecular formula is C20H27N3O5. The lowest BCUT2D eigenvalue weighted by atomic mass is 9.91. The van der Waals surface area contributed by atoms with Crippen LogP contribution < -0.4 is 5.69 Å². The molecule has 8 heteroatoms. The van der Waals surface area contributed by atoms with Gasteiger partial charge in [-0.2, -0.15) is 0 Å². The number of aromatic nitrogens is 2. The summed E-state index contributed by atoms with van der Waals surface area (Å²) in [5.41, 5.74) is 0.551. The van der Waals surface area contributed by atoms with Crippen LogP contribution in [0.15, 0.2) is 29.1 Å². The highest BCUT2D eigenvalue weighted by Crippen LogP contribution is 2.31. The van der Waals surface area contributed by atoms with E-state index in [0.717, 1.165) is 5.52 Å². The number of H-pyrrole nitrogens is 1. The SMILES string of the molecule is CCOC(=O)C1CN(C(=O)OC(C)(C)C)CCC1n1c(=O)[nH]c2ccccc21. The number of amides is 1. The van der Waals surface area contributed by atoms with Gasteiger partial charge in [-0.25, -0.2) is 9.59 Å². The molecule has 1 aliphatic heterocycles. The number of para-hydroxylation sites is 2. The average molecular weight is 389 g/mol. The van der Waals surface area contributed by atoms with E-state index in [0.29, 0.717) is 18.5 Å². The Labute approximate surface area is 163 Å². The highest BCUT2D eigenvalue weighted by Gasteiger charge is 2.40. The third kappa shape index (κ3) is 4.05. The lowest BCUT2D eigenvalue weighted by Gasteiger charge is -2.38. The van der Waals surface area contributed by atoms with E-state index < -0.39 is 29.6 Å². The van der Waals surface area contributed by atoms with E-state index >= 15 is 0 Å². The second-order valence-electron chi connectivity index (χ2n) is 7.96. The van der Waals surface area contributed by atoms with Crippen molar-refractivity contribution in [2.24, 2.45) is 5.92 Å². The summed E-state index contributed by atoms with van der Waals surface area (Å²) in [6.07, 6.45) is -0.0173. The van der Waals surface area contributed by atoms with Gasteiger partial charge in [0.25, 0.3) is 0 Å². The number of nitrogens with one attached hydrogen (secondary N) is 1. The van der Waals surface area contributed by atoms with Gasteiger partial charge >= 0.3 is 17.8 Å². The predicted octanol–water partition coefficient (Wildman–Crippen LogP) is 2.69. The van der Waals surface area contributed by atoms with Gasteiger partial charge in [0.2, 0.25) is 0 Å². The van der Waals surface area contributed by atoms with Crippen molar-refractivity contribution in [2.75, 3.05) is 19.7 Å². The zero-order valence-corrected chi connectivity index (χ0v) is 16.7. The van der Waals surface area contributed by atoms with Gasteiger partial charge in [0.1, 0.15) is 5.60 Å². The summed E-state index contributed by atoms with van der Waals surface area (Å²) >= 11 is 0. The van der Waals surface area contributed by atoms with Gasteiger partial charge in [-0.1, -0.05) is 12.1 Å². The molecule has 2 aromatic rings. The molecule has 2 atom stereocenters. The Morgan fingerprint density at radius 3 is 2.64 bits per heavy atom. The van der Waals surface area contributed by atoms with Gasteiger partial charge in [0.15, 0.2) is 0 Å². The topological polar surface area (TPSA) is 93.6 Å². The van der Waals surface area contributed by atoms with Crippen LogP contribution in [0.5, 0.6) is 0 Å². The van der Waals surface area contributed by atoms with Crippen molar-refractivity contribution < 1.29 is 19.1 Å². The molecule has 1 N–H and O–H groups in total. The quantitative estimate of drug-likeness (QED) is 0.815. The summed E-state index contributed by atoms with van der Waals surface area (Å²) in [7, 11) is 0. The van der Waals surface area contributed by atoms with Crippen LogP contribution in [0, 0.1) is 5.92 Å². The zero-order valence-electron chi connectivity index (χ0n) is 16.7. The van der Waals surface area contributed by atoms with E-state index in [1.54, 1.807) is 32.3 Å². The summed E-state index contributed by atoms with van der Waals surface area (Å²) in [5.74, 6) is -1.07. The highest BCUT2D eigenvalue weighted by atomic mass is 16.6. The first-order valence-electron chi connectivity index (χ1n) is 9.55. The number of aromatic amines is 1. The van der Waals surface area contributed by atoms with Gasteiger partial charge in [-0.05, 0) is 46.2 Å². The lowest BCUT2D eigenvalue weighted by molar-refractivity contribution is -0.151. The Morgan fingerprint density at radius 1 is 1.25 bits per heavy atom. The number of carbonyl (C=O) groups excluding carboxylic acids is 2. The van der Waals surface area contributed by atoms with Crippen LogP contribution in [0.4, 0.5) is 4.79 Å². The molecule has 2 heterocycles. The van der Waals surface area contributed by atoms with E-state index in [4.69, 9.17) is 9.47 Å². The fourth-order valence-corrected chi connectivity index (χ4v) is 3.63. The molecule has 28 heavy (non-hydrogen) atoms. The van der Waals surface area contributed by atoms with Gasteiger partial charge in [-0.15, -0.1) is 0 Å². The first-order chi connectivity index (χ1) is 13.2. The van der Waals surface area contributed by atoms with Crippen molar-refractivity contribution in [3.05, 3.63) is 34.7 Å².